The van der Waals surface area contributed by atoms with Crippen LogP contribution in [0.25, 0.3) is 11.1 Å². The molecule has 4 rings (SSSR count). The number of hydrogen-bond donors (Lipinski definition) is 1. The van der Waals surface area contributed by atoms with Crippen LogP contribution < -0.4 is 5.32 Å². The van der Waals surface area contributed by atoms with Gasteiger partial charge in [0.05, 0.1) is 5.56 Å². The van der Waals surface area contributed by atoms with Crippen molar-refractivity contribution >= 4 is 0 Å². The van der Waals surface area contributed by atoms with Crippen molar-refractivity contribution in [3.63, 3.8) is 0 Å². The van der Waals surface area contributed by atoms with Crippen molar-refractivity contribution in [3.05, 3.63) is 59.7 Å². The van der Waals surface area contributed by atoms with Gasteiger partial charge < -0.3 is 10.2 Å². The molecule has 0 amide bonds. The third-order valence-corrected chi connectivity index (χ3v) is 6.08. The molecule has 0 radical (unpaired) electrons. The molecule has 2 aromatic rings. The molecule has 2 atom stereocenters. The Morgan fingerprint density at radius 1 is 0.966 bits per heavy atom. The molecule has 1 N–H and O–H groups in total. The summed E-state index contributed by atoms with van der Waals surface area (Å²) < 4.78 is 38.8. The zero-order valence-electron chi connectivity index (χ0n) is 16.8. The van der Waals surface area contributed by atoms with Crippen LogP contribution in [0.15, 0.2) is 48.5 Å². The van der Waals surface area contributed by atoms with Crippen LogP contribution in [0.1, 0.15) is 23.5 Å². The molecule has 0 spiro atoms. The van der Waals surface area contributed by atoms with E-state index in [4.69, 9.17) is 0 Å². The van der Waals surface area contributed by atoms with Gasteiger partial charge in [0.1, 0.15) is 0 Å². The fourth-order valence-corrected chi connectivity index (χ4v) is 4.07. The van der Waals surface area contributed by atoms with Crippen molar-refractivity contribution in [2.45, 2.75) is 24.6 Å². The van der Waals surface area contributed by atoms with E-state index < -0.39 is 11.7 Å². The van der Waals surface area contributed by atoms with E-state index in [0.29, 0.717) is 17.5 Å². The van der Waals surface area contributed by atoms with E-state index in [9.17, 15) is 13.2 Å². The smallest absolute Gasteiger partial charge is 0.312 e. The van der Waals surface area contributed by atoms with Crippen LogP contribution >= 0.6 is 0 Å². The molecule has 2 fully saturated rings. The van der Waals surface area contributed by atoms with E-state index in [2.05, 4.69) is 34.3 Å². The summed E-state index contributed by atoms with van der Waals surface area (Å²) in [5.74, 6) is 0.512. The minimum absolute atomic E-state index is 0.512. The number of rotatable bonds is 6. The van der Waals surface area contributed by atoms with Gasteiger partial charge in [-0.1, -0.05) is 36.4 Å². The van der Waals surface area contributed by atoms with Gasteiger partial charge in [0.2, 0.25) is 0 Å². The first-order chi connectivity index (χ1) is 13.9. The maximum absolute atomic E-state index is 12.9. The van der Waals surface area contributed by atoms with E-state index >= 15 is 0 Å². The summed E-state index contributed by atoms with van der Waals surface area (Å²) in [6, 6.07) is 14.0. The van der Waals surface area contributed by atoms with Crippen LogP contribution in [0, 0.1) is 0 Å². The molecule has 1 saturated heterocycles. The lowest BCUT2D eigenvalue weighted by Crippen LogP contribution is -2.46. The molecule has 1 saturated carbocycles. The summed E-state index contributed by atoms with van der Waals surface area (Å²) in [6.45, 7) is 6.67. The van der Waals surface area contributed by atoms with E-state index in [1.807, 2.05) is 12.1 Å². The number of nitrogens with one attached hydrogen (secondary N) is 1. The molecule has 1 aliphatic carbocycles. The quantitative estimate of drug-likeness (QED) is 0.785. The summed E-state index contributed by atoms with van der Waals surface area (Å²) in [7, 11) is 2.17. The molecule has 0 bridgehead atoms. The van der Waals surface area contributed by atoms with E-state index in [1.54, 1.807) is 6.07 Å². The summed E-state index contributed by atoms with van der Waals surface area (Å²) in [4.78, 5) is 4.87. The molecule has 0 aromatic heterocycles. The number of alkyl halides is 3. The molecular formula is C23H28F3N3. The second-order valence-corrected chi connectivity index (χ2v) is 8.25. The Morgan fingerprint density at radius 2 is 1.69 bits per heavy atom. The van der Waals surface area contributed by atoms with E-state index in [-0.39, 0.29) is 0 Å². The highest BCUT2D eigenvalue weighted by Crippen LogP contribution is 2.41. The minimum Gasteiger partial charge on any atom is -0.312 e. The molecule has 1 aliphatic heterocycles. The third-order valence-electron chi connectivity index (χ3n) is 6.08. The molecule has 29 heavy (non-hydrogen) atoms. The van der Waals surface area contributed by atoms with Gasteiger partial charge in [0.25, 0.3) is 0 Å². The third kappa shape index (κ3) is 5.18. The fraction of sp³-hybridized carbons (Fsp3) is 0.478. The molecule has 2 aliphatic rings. The highest BCUT2D eigenvalue weighted by molar-refractivity contribution is 5.65. The average molecular weight is 403 g/mol. The van der Waals surface area contributed by atoms with Crippen LogP contribution in [-0.2, 0) is 6.18 Å². The van der Waals surface area contributed by atoms with Gasteiger partial charge in [-0.25, -0.2) is 0 Å². The largest absolute Gasteiger partial charge is 0.416 e. The first-order valence-electron chi connectivity index (χ1n) is 10.3. The first kappa shape index (κ1) is 20.4. The van der Waals surface area contributed by atoms with Gasteiger partial charge in [-0.2, -0.15) is 13.2 Å². The number of piperazine rings is 1. The van der Waals surface area contributed by atoms with Crippen molar-refractivity contribution in [2.24, 2.45) is 0 Å². The average Bonchev–Trinajstić information content (AvgIpc) is 3.49. The predicted octanol–water partition coefficient (Wildman–Crippen LogP) is 4.07. The van der Waals surface area contributed by atoms with Crippen LogP contribution in [0.5, 0.6) is 0 Å². The Bertz CT molecular complexity index is 811. The Hall–Kier alpha value is -1.89. The zero-order chi connectivity index (χ0) is 20.4. The summed E-state index contributed by atoms with van der Waals surface area (Å²) in [5, 5.41) is 3.65. The summed E-state index contributed by atoms with van der Waals surface area (Å²) in [5.41, 5.74) is 2.08. The lowest BCUT2D eigenvalue weighted by Gasteiger charge is -2.32. The Labute approximate surface area is 170 Å². The highest BCUT2D eigenvalue weighted by Gasteiger charge is 2.37. The summed E-state index contributed by atoms with van der Waals surface area (Å²) >= 11 is 0. The molecular weight excluding hydrogens is 375 g/mol. The van der Waals surface area contributed by atoms with Crippen LogP contribution in [0.2, 0.25) is 0 Å². The number of nitrogens with zero attached hydrogens (tertiary/aromatic N) is 2. The predicted molar refractivity (Wildman–Crippen MR) is 110 cm³/mol. The maximum Gasteiger partial charge on any atom is 0.416 e. The van der Waals surface area contributed by atoms with Crippen molar-refractivity contribution in [1.82, 2.24) is 15.1 Å². The molecule has 2 aromatic carbocycles. The van der Waals surface area contributed by atoms with Gasteiger partial charge in [-0.15, -0.1) is 0 Å². The lowest BCUT2D eigenvalue weighted by molar-refractivity contribution is -0.137. The normalized spacial score (nSPS) is 23.3. The van der Waals surface area contributed by atoms with E-state index in [0.717, 1.165) is 57.3 Å². The molecule has 1 heterocycles. The van der Waals surface area contributed by atoms with Gasteiger partial charge in [0, 0.05) is 51.2 Å². The van der Waals surface area contributed by atoms with Crippen molar-refractivity contribution in [2.75, 3.05) is 46.3 Å². The number of likely N-dealkylation sites (N-methyl/N-ethyl adjacent to an activating group) is 1. The Balaban J connectivity index is 1.28. The van der Waals surface area contributed by atoms with Crippen LogP contribution in [0.3, 0.4) is 0 Å². The standard InChI is InChI=1S/C23H28F3N3/c1-28-11-13-29(14-12-28)10-9-27-22-16-21(22)18-7-5-17(6-8-18)19-3-2-4-20(15-19)23(24,25)26/h2-8,15,21-22,27H,9-14,16H2,1H3/t21?,22-/m0/s1. The van der Waals surface area contributed by atoms with Crippen LogP contribution in [0.4, 0.5) is 13.2 Å². The fourth-order valence-electron chi connectivity index (χ4n) is 4.07. The number of hydrogen-bond acceptors (Lipinski definition) is 3. The van der Waals surface area contributed by atoms with Gasteiger partial charge in [-0.05, 0) is 42.3 Å². The van der Waals surface area contributed by atoms with E-state index in [1.165, 1.54) is 17.7 Å². The van der Waals surface area contributed by atoms with Crippen molar-refractivity contribution in [3.8, 4) is 11.1 Å². The topological polar surface area (TPSA) is 18.5 Å². The molecule has 3 nitrogen and oxygen atoms in total. The van der Waals surface area contributed by atoms with Crippen molar-refractivity contribution in [1.29, 1.82) is 0 Å². The molecule has 6 heteroatoms. The van der Waals surface area contributed by atoms with Gasteiger partial charge >= 0.3 is 6.18 Å². The maximum atomic E-state index is 12.9. The Kier molecular flexibility index (Phi) is 5.95. The molecule has 1 unspecified atom stereocenters. The molecule has 156 valence electrons. The number of benzene rings is 2. The second-order valence-electron chi connectivity index (χ2n) is 8.25. The number of halogens is 3. The van der Waals surface area contributed by atoms with Crippen LogP contribution in [-0.4, -0.2) is 62.2 Å². The second kappa shape index (κ2) is 8.46. The highest BCUT2D eigenvalue weighted by atomic mass is 19.4. The van der Waals surface area contributed by atoms with Gasteiger partial charge in [0.15, 0.2) is 0 Å². The van der Waals surface area contributed by atoms with Gasteiger partial charge in [-0.3, -0.25) is 4.90 Å². The minimum atomic E-state index is -4.31. The first-order valence-corrected chi connectivity index (χ1v) is 10.3. The monoisotopic (exact) mass is 403 g/mol. The zero-order valence-corrected chi connectivity index (χ0v) is 16.8. The summed E-state index contributed by atoms with van der Waals surface area (Å²) in [6.07, 6.45) is -3.18. The Morgan fingerprint density at radius 3 is 2.38 bits per heavy atom. The SMILES string of the molecule is CN1CCN(CCN[C@H]2CC2c2ccc(-c3cccc(C(F)(F)F)c3)cc2)CC1. The van der Waals surface area contributed by atoms with Crippen molar-refractivity contribution < 1.29 is 13.2 Å². The lowest BCUT2D eigenvalue weighted by atomic mass is 10.0.